The van der Waals surface area contributed by atoms with Crippen LogP contribution in [0.2, 0.25) is 5.02 Å². The number of H-pyrrole nitrogens is 1. The molecule has 0 fully saturated rings. The number of carbonyl (C=O) groups excluding carboxylic acids is 1. The number of nitrogens with zero attached hydrogens (tertiary/aromatic N) is 1. The van der Waals surface area contributed by atoms with Gasteiger partial charge in [0.15, 0.2) is 0 Å². The molecule has 0 aliphatic rings. The van der Waals surface area contributed by atoms with Gasteiger partial charge in [0, 0.05) is 22.3 Å². The minimum atomic E-state index is -0.369. The van der Waals surface area contributed by atoms with E-state index in [1.165, 1.54) is 0 Å². The lowest BCUT2D eigenvalue weighted by molar-refractivity contribution is 0.0519. The third kappa shape index (κ3) is 2.94. The number of aromatic amines is 1. The molecule has 5 heteroatoms. The molecule has 1 heterocycles. The molecule has 2 aromatic rings. The van der Waals surface area contributed by atoms with Crippen LogP contribution in [0.5, 0.6) is 0 Å². The number of nitrogens with one attached hydrogen (secondary N) is 1. The molecule has 1 aromatic carbocycles. The average Bonchev–Trinajstić information content (AvgIpc) is 2.78. The zero-order valence-corrected chi connectivity index (χ0v) is 12.0. The Hall–Kier alpha value is -1.99. The van der Waals surface area contributed by atoms with Crippen molar-refractivity contribution in [2.75, 3.05) is 6.61 Å². The van der Waals surface area contributed by atoms with Gasteiger partial charge in [0.2, 0.25) is 0 Å². The SMILES string of the molecule is CCOC(=O)c1[nH]c2ccc(Cl)cc2c1CCCC#N. The number of aromatic nitrogens is 1. The third-order valence-corrected chi connectivity index (χ3v) is 3.30. The summed E-state index contributed by atoms with van der Waals surface area (Å²) < 4.78 is 5.07. The molecule has 0 bridgehead atoms. The van der Waals surface area contributed by atoms with Gasteiger partial charge >= 0.3 is 5.97 Å². The Bertz CT molecular complexity index is 670. The van der Waals surface area contributed by atoms with E-state index in [1.807, 2.05) is 12.1 Å². The lowest BCUT2D eigenvalue weighted by Gasteiger charge is -2.03. The average molecular weight is 291 g/mol. The van der Waals surface area contributed by atoms with Gasteiger partial charge < -0.3 is 9.72 Å². The maximum atomic E-state index is 12.0. The van der Waals surface area contributed by atoms with Gasteiger partial charge in [-0.05, 0) is 43.5 Å². The van der Waals surface area contributed by atoms with Crippen LogP contribution in [-0.2, 0) is 11.2 Å². The molecule has 2 rings (SSSR count). The predicted octanol–water partition coefficient (Wildman–Crippen LogP) is 3.84. The Morgan fingerprint density at radius 3 is 3.00 bits per heavy atom. The highest BCUT2D eigenvalue weighted by Gasteiger charge is 2.18. The summed E-state index contributed by atoms with van der Waals surface area (Å²) in [6, 6.07) is 7.56. The molecule has 0 atom stereocenters. The Labute approximate surface area is 122 Å². The molecule has 20 heavy (non-hydrogen) atoms. The molecular weight excluding hydrogens is 276 g/mol. The van der Waals surface area contributed by atoms with Crippen molar-refractivity contribution in [3.05, 3.63) is 34.5 Å². The van der Waals surface area contributed by atoms with E-state index in [0.29, 0.717) is 36.6 Å². The molecule has 0 aliphatic heterocycles. The summed E-state index contributed by atoms with van der Waals surface area (Å²) in [6.07, 6.45) is 1.79. The van der Waals surface area contributed by atoms with Gasteiger partial charge in [-0.25, -0.2) is 4.79 Å². The van der Waals surface area contributed by atoms with E-state index in [9.17, 15) is 4.79 Å². The van der Waals surface area contributed by atoms with Gasteiger partial charge in [-0.3, -0.25) is 0 Å². The van der Waals surface area contributed by atoms with Gasteiger partial charge in [0.1, 0.15) is 5.69 Å². The number of rotatable bonds is 5. The highest BCUT2D eigenvalue weighted by Crippen LogP contribution is 2.27. The minimum Gasteiger partial charge on any atom is -0.461 e. The van der Waals surface area contributed by atoms with Gasteiger partial charge in [0.05, 0.1) is 12.7 Å². The van der Waals surface area contributed by atoms with Crippen molar-refractivity contribution in [2.45, 2.75) is 26.2 Å². The number of unbranched alkanes of at least 4 members (excludes halogenated alkanes) is 1. The fourth-order valence-corrected chi connectivity index (χ4v) is 2.37. The van der Waals surface area contributed by atoms with Crippen LogP contribution in [0, 0.1) is 11.3 Å². The molecule has 0 saturated carbocycles. The summed E-state index contributed by atoms with van der Waals surface area (Å²) in [7, 11) is 0. The Morgan fingerprint density at radius 2 is 2.30 bits per heavy atom. The minimum absolute atomic E-state index is 0.326. The van der Waals surface area contributed by atoms with Crippen molar-refractivity contribution in [3.63, 3.8) is 0 Å². The monoisotopic (exact) mass is 290 g/mol. The van der Waals surface area contributed by atoms with Crippen molar-refractivity contribution in [3.8, 4) is 6.07 Å². The molecule has 0 radical (unpaired) electrons. The standard InChI is InChI=1S/C15H15ClN2O2/c1-2-20-15(19)14-11(5-3-4-8-17)12-9-10(16)6-7-13(12)18-14/h6-7,9,18H,2-5H2,1H3. The van der Waals surface area contributed by atoms with Crippen LogP contribution in [0.15, 0.2) is 18.2 Å². The smallest absolute Gasteiger partial charge is 0.355 e. The van der Waals surface area contributed by atoms with E-state index in [-0.39, 0.29) is 5.97 Å². The van der Waals surface area contributed by atoms with Gasteiger partial charge in [-0.1, -0.05) is 11.6 Å². The van der Waals surface area contributed by atoms with Crippen LogP contribution in [0.1, 0.15) is 35.8 Å². The van der Waals surface area contributed by atoms with Crippen LogP contribution >= 0.6 is 11.6 Å². The maximum absolute atomic E-state index is 12.0. The number of aryl methyl sites for hydroxylation is 1. The molecule has 4 nitrogen and oxygen atoms in total. The van der Waals surface area contributed by atoms with Crippen LogP contribution in [0.3, 0.4) is 0 Å². The van der Waals surface area contributed by atoms with Crippen molar-refractivity contribution in [1.82, 2.24) is 4.98 Å². The number of hydrogen-bond acceptors (Lipinski definition) is 3. The largest absolute Gasteiger partial charge is 0.461 e. The number of halogens is 1. The van der Waals surface area contributed by atoms with Crippen molar-refractivity contribution >= 4 is 28.5 Å². The first-order valence-electron chi connectivity index (χ1n) is 6.51. The van der Waals surface area contributed by atoms with E-state index >= 15 is 0 Å². The van der Waals surface area contributed by atoms with E-state index < -0.39 is 0 Å². The first-order valence-corrected chi connectivity index (χ1v) is 6.89. The zero-order chi connectivity index (χ0) is 14.5. The number of ether oxygens (including phenoxy) is 1. The molecule has 0 amide bonds. The van der Waals surface area contributed by atoms with Gasteiger partial charge in [-0.15, -0.1) is 0 Å². The van der Waals surface area contributed by atoms with Gasteiger partial charge in [-0.2, -0.15) is 5.26 Å². The second-order valence-electron chi connectivity index (χ2n) is 4.40. The Morgan fingerprint density at radius 1 is 1.50 bits per heavy atom. The van der Waals surface area contributed by atoms with Crippen molar-refractivity contribution in [1.29, 1.82) is 5.26 Å². The second-order valence-corrected chi connectivity index (χ2v) is 4.84. The van der Waals surface area contributed by atoms with E-state index in [2.05, 4.69) is 11.1 Å². The molecule has 0 spiro atoms. The number of nitriles is 1. The fourth-order valence-electron chi connectivity index (χ4n) is 2.20. The molecule has 1 aromatic heterocycles. The lowest BCUT2D eigenvalue weighted by Crippen LogP contribution is -2.07. The normalized spacial score (nSPS) is 10.4. The van der Waals surface area contributed by atoms with Crippen LogP contribution in [0.4, 0.5) is 0 Å². The number of fused-ring (bicyclic) bond motifs is 1. The van der Waals surface area contributed by atoms with Gasteiger partial charge in [0.25, 0.3) is 0 Å². The highest BCUT2D eigenvalue weighted by molar-refractivity contribution is 6.31. The number of carbonyl (C=O) groups is 1. The molecule has 0 aliphatic carbocycles. The first kappa shape index (κ1) is 14.4. The third-order valence-electron chi connectivity index (χ3n) is 3.06. The summed E-state index contributed by atoms with van der Waals surface area (Å²) in [5.41, 5.74) is 2.18. The Kier molecular flexibility index (Phi) is 4.65. The number of esters is 1. The van der Waals surface area contributed by atoms with E-state index in [1.54, 1.807) is 13.0 Å². The summed E-state index contributed by atoms with van der Waals surface area (Å²) in [5, 5.41) is 10.2. The highest BCUT2D eigenvalue weighted by atomic mass is 35.5. The van der Waals surface area contributed by atoms with E-state index in [0.717, 1.165) is 16.5 Å². The fraction of sp³-hybridized carbons (Fsp3) is 0.333. The molecule has 0 saturated heterocycles. The molecule has 1 N–H and O–H groups in total. The Balaban J connectivity index is 2.46. The quantitative estimate of drug-likeness (QED) is 0.672. The van der Waals surface area contributed by atoms with Crippen molar-refractivity contribution in [2.24, 2.45) is 0 Å². The van der Waals surface area contributed by atoms with Crippen LogP contribution in [0.25, 0.3) is 10.9 Å². The number of benzene rings is 1. The molecule has 104 valence electrons. The van der Waals surface area contributed by atoms with Crippen LogP contribution in [-0.4, -0.2) is 17.6 Å². The van der Waals surface area contributed by atoms with Crippen LogP contribution < -0.4 is 0 Å². The number of hydrogen-bond donors (Lipinski definition) is 1. The maximum Gasteiger partial charge on any atom is 0.355 e. The zero-order valence-electron chi connectivity index (χ0n) is 11.2. The summed E-state index contributed by atoms with van der Waals surface area (Å²) in [5.74, 6) is -0.369. The first-order chi connectivity index (χ1) is 9.67. The van der Waals surface area contributed by atoms with Crippen molar-refractivity contribution < 1.29 is 9.53 Å². The molecule has 0 unspecified atom stereocenters. The summed E-state index contributed by atoms with van der Waals surface area (Å²) in [6.45, 7) is 2.10. The second kappa shape index (κ2) is 6.44. The summed E-state index contributed by atoms with van der Waals surface area (Å²) >= 11 is 6.02. The molecular formula is C15H15ClN2O2. The topological polar surface area (TPSA) is 65.9 Å². The predicted molar refractivity (Wildman–Crippen MR) is 77.8 cm³/mol. The van der Waals surface area contributed by atoms with E-state index in [4.69, 9.17) is 21.6 Å². The summed E-state index contributed by atoms with van der Waals surface area (Å²) in [4.78, 5) is 15.1. The lowest BCUT2D eigenvalue weighted by atomic mass is 10.0.